The maximum atomic E-state index is 12.1. The molecule has 2 aromatic carbocycles. The molecule has 0 aliphatic heterocycles. The highest BCUT2D eigenvalue weighted by Crippen LogP contribution is 2.19. The summed E-state index contributed by atoms with van der Waals surface area (Å²) < 4.78 is 6.13. The van der Waals surface area contributed by atoms with E-state index in [1.165, 1.54) is 12.1 Å². The summed E-state index contributed by atoms with van der Waals surface area (Å²) in [6.07, 6.45) is 0. The largest absolute Gasteiger partial charge is 0.420 e. The Labute approximate surface area is 141 Å². The van der Waals surface area contributed by atoms with Gasteiger partial charge in [-0.3, -0.25) is 19.5 Å². The Bertz CT molecular complexity index is 1000. The maximum Gasteiger partial charge on any atom is 0.420 e. The summed E-state index contributed by atoms with van der Waals surface area (Å²) in [5, 5.41) is 13.5. The van der Waals surface area contributed by atoms with Crippen molar-refractivity contribution >= 4 is 22.7 Å². The van der Waals surface area contributed by atoms with Crippen LogP contribution >= 0.6 is 0 Å². The fourth-order valence-corrected chi connectivity index (χ4v) is 2.42. The Morgan fingerprint density at radius 2 is 1.96 bits per heavy atom. The van der Waals surface area contributed by atoms with Crippen LogP contribution in [0.2, 0.25) is 0 Å². The van der Waals surface area contributed by atoms with Crippen LogP contribution in [-0.2, 0) is 17.9 Å². The summed E-state index contributed by atoms with van der Waals surface area (Å²) >= 11 is 0. The zero-order valence-corrected chi connectivity index (χ0v) is 13.4. The first-order valence-electron chi connectivity index (χ1n) is 7.54. The number of aromatic nitrogens is 1. The van der Waals surface area contributed by atoms with Gasteiger partial charge in [0.25, 0.3) is 5.69 Å². The summed E-state index contributed by atoms with van der Waals surface area (Å²) in [4.78, 5) is 34.2. The van der Waals surface area contributed by atoms with Crippen molar-refractivity contribution in [1.29, 1.82) is 0 Å². The molecule has 25 heavy (non-hydrogen) atoms. The predicted molar refractivity (Wildman–Crippen MR) is 90.2 cm³/mol. The van der Waals surface area contributed by atoms with E-state index in [1.807, 2.05) is 31.2 Å². The Morgan fingerprint density at radius 3 is 2.64 bits per heavy atom. The molecule has 0 radical (unpaired) electrons. The minimum absolute atomic E-state index is 0.0746. The van der Waals surface area contributed by atoms with Gasteiger partial charge in [0, 0.05) is 12.6 Å². The second-order valence-electron chi connectivity index (χ2n) is 5.63. The first-order chi connectivity index (χ1) is 11.9. The molecule has 1 amide bonds. The summed E-state index contributed by atoms with van der Waals surface area (Å²) in [5.41, 5.74) is 2.29. The van der Waals surface area contributed by atoms with Gasteiger partial charge in [-0.2, -0.15) is 0 Å². The SMILES string of the molecule is Cc1ccc(CNC(=O)Cn2c(=O)oc3cc([N+](=O)[O-])ccc32)cc1. The Kier molecular flexibility index (Phi) is 4.34. The van der Waals surface area contributed by atoms with E-state index >= 15 is 0 Å². The Morgan fingerprint density at radius 1 is 1.24 bits per heavy atom. The molecule has 128 valence electrons. The van der Waals surface area contributed by atoms with Crippen LogP contribution in [-0.4, -0.2) is 15.4 Å². The summed E-state index contributed by atoms with van der Waals surface area (Å²) in [6.45, 7) is 2.09. The van der Waals surface area contributed by atoms with Crippen molar-refractivity contribution in [3.05, 3.63) is 74.3 Å². The molecule has 0 aliphatic rings. The van der Waals surface area contributed by atoms with E-state index in [1.54, 1.807) is 0 Å². The molecule has 3 aromatic rings. The lowest BCUT2D eigenvalue weighted by atomic mass is 10.1. The van der Waals surface area contributed by atoms with Gasteiger partial charge in [-0.05, 0) is 18.6 Å². The van der Waals surface area contributed by atoms with Crippen LogP contribution in [0.4, 0.5) is 5.69 Å². The second-order valence-corrected chi connectivity index (χ2v) is 5.63. The molecule has 0 unspecified atom stereocenters. The lowest BCUT2D eigenvalue weighted by molar-refractivity contribution is -0.384. The van der Waals surface area contributed by atoms with Crippen molar-refractivity contribution < 1.29 is 14.1 Å². The van der Waals surface area contributed by atoms with E-state index in [0.29, 0.717) is 12.1 Å². The molecule has 1 N–H and O–H groups in total. The third-order valence-electron chi connectivity index (χ3n) is 3.77. The van der Waals surface area contributed by atoms with E-state index < -0.39 is 10.7 Å². The van der Waals surface area contributed by atoms with Gasteiger partial charge in [-0.1, -0.05) is 29.8 Å². The molecule has 1 aromatic heterocycles. The number of non-ortho nitro benzene ring substituents is 1. The van der Waals surface area contributed by atoms with Crippen molar-refractivity contribution in [1.82, 2.24) is 9.88 Å². The minimum Gasteiger partial charge on any atom is -0.407 e. The zero-order valence-electron chi connectivity index (χ0n) is 13.4. The number of fused-ring (bicyclic) bond motifs is 1. The fourth-order valence-electron chi connectivity index (χ4n) is 2.42. The quantitative estimate of drug-likeness (QED) is 0.565. The molecule has 3 rings (SSSR count). The zero-order chi connectivity index (χ0) is 18.0. The number of amides is 1. The van der Waals surface area contributed by atoms with Gasteiger partial charge in [0.2, 0.25) is 5.91 Å². The molecule has 8 nitrogen and oxygen atoms in total. The van der Waals surface area contributed by atoms with Gasteiger partial charge in [0.15, 0.2) is 5.58 Å². The first kappa shape index (κ1) is 16.4. The monoisotopic (exact) mass is 341 g/mol. The van der Waals surface area contributed by atoms with Crippen molar-refractivity contribution in [3.63, 3.8) is 0 Å². The lowest BCUT2D eigenvalue weighted by Crippen LogP contribution is -2.30. The third-order valence-corrected chi connectivity index (χ3v) is 3.77. The standard InChI is InChI=1S/C17H15N3O5/c1-11-2-4-12(5-3-11)9-18-16(21)10-19-14-7-6-13(20(23)24)8-15(14)25-17(19)22/h2-8H,9-10H2,1H3,(H,18,21). The van der Waals surface area contributed by atoms with Crippen molar-refractivity contribution in [2.45, 2.75) is 20.0 Å². The van der Waals surface area contributed by atoms with E-state index in [4.69, 9.17) is 4.42 Å². The molecule has 0 saturated heterocycles. The van der Waals surface area contributed by atoms with Gasteiger partial charge in [0.05, 0.1) is 16.5 Å². The minimum atomic E-state index is -0.735. The van der Waals surface area contributed by atoms with Gasteiger partial charge >= 0.3 is 5.76 Å². The van der Waals surface area contributed by atoms with Crippen LogP contribution in [0.25, 0.3) is 11.1 Å². The van der Waals surface area contributed by atoms with Crippen LogP contribution in [0.15, 0.2) is 51.7 Å². The van der Waals surface area contributed by atoms with Gasteiger partial charge in [-0.15, -0.1) is 0 Å². The lowest BCUT2D eigenvalue weighted by Gasteiger charge is -2.06. The normalized spacial score (nSPS) is 10.8. The molecule has 1 heterocycles. The van der Waals surface area contributed by atoms with E-state index in [0.717, 1.165) is 21.8 Å². The predicted octanol–water partition coefficient (Wildman–Crippen LogP) is 2.13. The van der Waals surface area contributed by atoms with Crippen molar-refractivity contribution in [3.8, 4) is 0 Å². The van der Waals surface area contributed by atoms with Crippen LogP contribution in [0.3, 0.4) is 0 Å². The number of nitrogens with one attached hydrogen (secondary N) is 1. The summed E-state index contributed by atoms with van der Waals surface area (Å²) in [5.74, 6) is -1.09. The van der Waals surface area contributed by atoms with Gasteiger partial charge in [0.1, 0.15) is 6.54 Å². The maximum absolute atomic E-state index is 12.1. The van der Waals surface area contributed by atoms with E-state index in [9.17, 15) is 19.7 Å². The molecular formula is C17H15N3O5. The first-order valence-corrected chi connectivity index (χ1v) is 7.54. The van der Waals surface area contributed by atoms with E-state index in [2.05, 4.69) is 5.32 Å². The topological polar surface area (TPSA) is 107 Å². The smallest absolute Gasteiger partial charge is 0.407 e. The molecule has 0 atom stereocenters. The molecule has 8 heteroatoms. The van der Waals surface area contributed by atoms with Crippen LogP contribution in [0.5, 0.6) is 0 Å². The number of hydrogen-bond acceptors (Lipinski definition) is 5. The number of benzene rings is 2. The molecule has 0 saturated carbocycles. The van der Waals surface area contributed by atoms with Crippen molar-refractivity contribution in [2.24, 2.45) is 0 Å². The number of aryl methyl sites for hydroxylation is 1. The number of hydrogen-bond donors (Lipinski definition) is 1. The van der Waals surface area contributed by atoms with Gasteiger partial charge in [-0.25, -0.2) is 4.79 Å². The highest BCUT2D eigenvalue weighted by Gasteiger charge is 2.16. The van der Waals surface area contributed by atoms with Gasteiger partial charge < -0.3 is 9.73 Å². The fraction of sp³-hybridized carbons (Fsp3) is 0.176. The Balaban J connectivity index is 1.74. The van der Waals surface area contributed by atoms with Crippen molar-refractivity contribution in [2.75, 3.05) is 0 Å². The third kappa shape index (κ3) is 3.57. The average Bonchev–Trinajstić information content (AvgIpc) is 2.89. The number of carbonyl (C=O) groups excluding carboxylic acids is 1. The highest BCUT2D eigenvalue weighted by atomic mass is 16.6. The Hall–Kier alpha value is -3.42. The molecular weight excluding hydrogens is 326 g/mol. The number of nitrogens with zero attached hydrogens (tertiary/aromatic N) is 2. The highest BCUT2D eigenvalue weighted by molar-refractivity contribution is 5.80. The number of nitro benzene ring substituents is 1. The molecule has 0 fully saturated rings. The summed E-state index contributed by atoms with van der Waals surface area (Å²) in [7, 11) is 0. The second kappa shape index (κ2) is 6.60. The number of oxazole rings is 1. The summed E-state index contributed by atoms with van der Waals surface area (Å²) in [6, 6.07) is 11.5. The van der Waals surface area contributed by atoms with Crippen LogP contribution in [0, 0.1) is 17.0 Å². The van der Waals surface area contributed by atoms with Crippen LogP contribution < -0.4 is 11.1 Å². The molecule has 0 spiro atoms. The van der Waals surface area contributed by atoms with E-state index in [-0.39, 0.29) is 23.7 Å². The number of carbonyl (C=O) groups is 1. The average molecular weight is 341 g/mol. The number of rotatable bonds is 5. The number of nitro groups is 1. The molecule has 0 bridgehead atoms. The van der Waals surface area contributed by atoms with Crippen LogP contribution in [0.1, 0.15) is 11.1 Å². The molecule has 0 aliphatic carbocycles.